The molecule has 0 aromatic carbocycles. The molecule has 1 spiro atoms. The average Bonchev–Trinajstić information content (AvgIpc) is 3.36. The van der Waals surface area contributed by atoms with Crippen LogP contribution in [-0.2, 0) is 26.0 Å². The van der Waals surface area contributed by atoms with Gasteiger partial charge >= 0.3 is 5.97 Å². The lowest BCUT2D eigenvalue weighted by Crippen LogP contribution is -2.36. The highest BCUT2D eigenvalue weighted by Gasteiger charge is 2.41. The van der Waals surface area contributed by atoms with Gasteiger partial charge < -0.3 is 10.4 Å². The van der Waals surface area contributed by atoms with Gasteiger partial charge in [-0.2, -0.15) is 5.10 Å². The fourth-order valence-corrected chi connectivity index (χ4v) is 6.83. The minimum Gasteiger partial charge on any atom is -0.481 e. The second kappa shape index (κ2) is 8.53. The number of sulfone groups is 1. The number of aryl methyl sites for hydroxylation is 2. The maximum Gasteiger partial charge on any atom is 0.306 e. The SMILES string of the molecule is CCn1nc(C)c2c(NC3CCS(=O)(=O)CC3)c(C3=CC4(CCC(C(=O)O)CC4)ON3)cnc21. The number of nitrogens with one attached hydrogen (secondary N) is 2. The largest absolute Gasteiger partial charge is 0.481 e. The van der Waals surface area contributed by atoms with Gasteiger partial charge in [-0.25, -0.2) is 18.1 Å². The number of aliphatic carboxylic acids is 1. The summed E-state index contributed by atoms with van der Waals surface area (Å²) in [5.41, 5.74) is 6.70. The number of carboxylic acids is 1. The zero-order chi connectivity index (χ0) is 24.1. The van der Waals surface area contributed by atoms with Crippen molar-refractivity contribution < 1.29 is 23.2 Å². The zero-order valence-corrected chi connectivity index (χ0v) is 20.3. The summed E-state index contributed by atoms with van der Waals surface area (Å²) in [5, 5.41) is 18.5. The molecule has 5 rings (SSSR count). The van der Waals surface area contributed by atoms with Crippen molar-refractivity contribution in [2.24, 2.45) is 5.92 Å². The van der Waals surface area contributed by atoms with E-state index in [1.165, 1.54) is 0 Å². The third-order valence-electron chi connectivity index (χ3n) is 7.38. The molecule has 10 nitrogen and oxygen atoms in total. The number of carbonyl (C=O) groups is 1. The van der Waals surface area contributed by atoms with Gasteiger partial charge in [-0.05, 0) is 58.4 Å². The lowest BCUT2D eigenvalue weighted by atomic mass is 9.78. The molecular weight excluding hydrogens is 458 g/mol. The summed E-state index contributed by atoms with van der Waals surface area (Å²) < 4.78 is 25.8. The number of hydrogen-bond donors (Lipinski definition) is 3. The van der Waals surface area contributed by atoms with E-state index >= 15 is 0 Å². The predicted octanol–water partition coefficient (Wildman–Crippen LogP) is 2.64. The first-order valence-corrected chi connectivity index (χ1v) is 13.8. The number of hydroxylamine groups is 1. The van der Waals surface area contributed by atoms with Crippen LogP contribution in [0.3, 0.4) is 0 Å². The molecule has 1 saturated carbocycles. The molecule has 34 heavy (non-hydrogen) atoms. The quantitative estimate of drug-likeness (QED) is 0.579. The van der Waals surface area contributed by atoms with Crippen LogP contribution in [0.25, 0.3) is 16.7 Å². The molecule has 2 aliphatic heterocycles. The average molecular weight is 490 g/mol. The number of anilines is 1. The van der Waals surface area contributed by atoms with E-state index in [-0.39, 0.29) is 23.5 Å². The first-order chi connectivity index (χ1) is 16.2. The van der Waals surface area contributed by atoms with E-state index in [2.05, 4.69) is 22.0 Å². The molecule has 2 aromatic heterocycles. The summed E-state index contributed by atoms with van der Waals surface area (Å²) in [4.78, 5) is 22.1. The minimum atomic E-state index is -2.97. The Labute approximate surface area is 198 Å². The van der Waals surface area contributed by atoms with Crippen LogP contribution in [0.1, 0.15) is 56.7 Å². The maximum absolute atomic E-state index is 11.9. The molecule has 2 aromatic rings. The number of fused-ring (bicyclic) bond motifs is 1. The Morgan fingerprint density at radius 2 is 2.00 bits per heavy atom. The molecular formula is C23H31N5O5S. The van der Waals surface area contributed by atoms with Crippen LogP contribution in [-0.4, -0.2) is 57.4 Å². The maximum atomic E-state index is 11.9. The second-order valence-corrected chi connectivity index (χ2v) is 12.0. The Morgan fingerprint density at radius 1 is 1.29 bits per heavy atom. The van der Waals surface area contributed by atoms with E-state index in [1.54, 1.807) is 0 Å². The van der Waals surface area contributed by atoms with Gasteiger partial charge in [0, 0.05) is 24.3 Å². The standard InChI is InChI=1S/C23H31N5O5S/c1-3-28-21-19(14(2)26-28)20(25-16-6-10-34(31,32)11-7-16)17(13-24-21)18-12-23(33-27-18)8-4-15(5-9-23)22(29)30/h12-13,15-16,27H,3-11H2,1-2H3,(H,24,25)(H,29,30). The van der Waals surface area contributed by atoms with Crippen LogP contribution in [0.4, 0.5) is 5.69 Å². The van der Waals surface area contributed by atoms with Crippen LogP contribution in [0.2, 0.25) is 0 Å². The zero-order valence-electron chi connectivity index (χ0n) is 19.5. The fraction of sp³-hybridized carbons (Fsp3) is 0.609. The topological polar surface area (TPSA) is 135 Å². The number of rotatable bonds is 5. The van der Waals surface area contributed by atoms with Gasteiger partial charge in [0.15, 0.2) is 5.65 Å². The fourth-order valence-electron chi connectivity index (χ4n) is 5.34. The van der Waals surface area contributed by atoms with Gasteiger partial charge in [-0.3, -0.25) is 15.1 Å². The van der Waals surface area contributed by atoms with Crippen LogP contribution < -0.4 is 10.8 Å². The van der Waals surface area contributed by atoms with Crippen molar-refractivity contribution in [3.8, 4) is 0 Å². The van der Waals surface area contributed by atoms with Gasteiger partial charge in [0.2, 0.25) is 0 Å². The highest BCUT2D eigenvalue weighted by atomic mass is 32.2. The van der Waals surface area contributed by atoms with E-state index < -0.39 is 21.4 Å². The van der Waals surface area contributed by atoms with Gasteiger partial charge in [0.25, 0.3) is 0 Å². The summed E-state index contributed by atoms with van der Waals surface area (Å²) >= 11 is 0. The van der Waals surface area contributed by atoms with Crippen LogP contribution in [0, 0.1) is 12.8 Å². The Balaban J connectivity index is 1.52. The van der Waals surface area contributed by atoms with E-state index in [0.717, 1.165) is 33.7 Å². The first kappa shape index (κ1) is 23.1. The third-order valence-corrected chi connectivity index (χ3v) is 9.10. The predicted molar refractivity (Wildman–Crippen MR) is 128 cm³/mol. The molecule has 3 N–H and O–H groups in total. The molecule has 0 amide bonds. The molecule has 1 aliphatic carbocycles. The smallest absolute Gasteiger partial charge is 0.306 e. The molecule has 184 valence electrons. The molecule has 1 saturated heterocycles. The molecule has 0 unspecified atom stereocenters. The first-order valence-electron chi connectivity index (χ1n) is 11.9. The summed E-state index contributed by atoms with van der Waals surface area (Å²) in [7, 11) is -2.97. The Hall–Kier alpha value is -2.66. The van der Waals surface area contributed by atoms with Gasteiger partial charge in [-0.15, -0.1) is 0 Å². The van der Waals surface area contributed by atoms with Crippen molar-refractivity contribution in [3.63, 3.8) is 0 Å². The molecule has 3 aliphatic rings. The van der Waals surface area contributed by atoms with E-state index in [0.29, 0.717) is 45.1 Å². The summed E-state index contributed by atoms with van der Waals surface area (Å²) in [6.45, 7) is 4.67. The van der Waals surface area contributed by atoms with Crippen molar-refractivity contribution in [1.29, 1.82) is 0 Å². The van der Waals surface area contributed by atoms with Crippen molar-refractivity contribution in [1.82, 2.24) is 20.2 Å². The minimum absolute atomic E-state index is 0.0279. The summed E-state index contributed by atoms with van der Waals surface area (Å²) in [6.07, 6.45) is 7.38. The number of carboxylic acid groups (broad SMARTS) is 1. The van der Waals surface area contributed by atoms with E-state index in [9.17, 15) is 18.3 Å². The number of hydrogen-bond acceptors (Lipinski definition) is 8. The molecule has 0 radical (unpaired) electrons. The van der Waals surface area contributed by atoms with Crippen LogP contribution in [0.15, 0.2) is 12.3 Å². The summed E-state index contributed by atoms with van der Waals surface area (Å²) in [5.74, 6) is -0.713. The lowest BCUT2D eigenvalue weighted by Gasteiger charge is -2.32. The van der Waals surface area contributed by atoms with Gasteiger partial charge in [0.05, 0.1) is 39.9 Å². The van der Waals surface area contributed by atoms with Crippen molar-refractivity contribution in [2.45, 2.75) is 70.6 Å². The second-order valence-electron chi connectivity index (χ2n) is 9.66. The highest BCUT2D eigenvalue weighted by Crippen LogP contribution is 2.42. The van der Waals surface area contributed by atoms with Crippen LogP contribution >= 0.6 is 0 Å². The van der Waals surface area contributed by atoms with E-state index in [1.807, 2.05) is 24.7 Å². The van der Waals surface area contributed by atoms with Crippen molar-refractivity contribution in [3.05, 3.63) is 23.5 Å². The molecule has 11 heteroatoms. The number of pyridine rings is 1. The Kier molecular flexibility index (Phi) is 5.79. The monoisotopic (exact) mass is 489 g/mol. The van der Waals surface area contributed by atoms with Crippen LogP contribution in [0.5, 0.6) is 0 Å². The number of aromatic nitrogens is 3. The van der Waals surface area contributed by atoms with Crippen molar-refractivity contribution >= 4 is 38.2 Å². The summed E-state index contributed by atoms with van der Waals surface area (Å²) in [6, 6.07) is 0.0279. The van der Waals surface area contributed by atoms with Crippen molar-refractivity contribution in [2.75, 3.05) is 16.8 Å². The molecule has 4 heterocycles. The number of nitrogens with zero attached hydrogens (tertiary/aromatic N) is 3. The van der Waals surface area contributed by atoms with E-state index in [4.69, 9.17) is 9.82 Å². The van der Waals surface area contributed by atoms with Gasteiger partial charge in [0.1, 0.15) is 15.4 Å². The lowest BCUT2D eigenvalue weighted by molar-refractivity contribution is -0.145. The highest BCUT2D eigenvalue weighted by molar-refractivity contribution is 7.91. The molecule has 2 fully saturated rings. The Morgan fingerprint density at radius 3 is 2.65 bits per heavy atom. The normalized spacial score (nSPS) is 22.6. The van der Waals surface area contributed by atoms with Gasteiger partial charge in [-0.1, -0.05) is 0 Å². The molecule has 0 bridgehead atoms. The Bertz CT molecular complexity index is 1250. The molecule has 0 atom stereocenters. The third kappa shape index (κ3) is 4.15.